The number of nitrogens with one attached hydrogen (secondary N) is 2. The Morgan fingerprint density at radius 3 is 3.14 bits per heavy atom. The number of hydrogen-bond acceptors (Lipinski definition) is 4. The largest absolute Gasteiger partial charge is 0.346 e. The second-order valence-electron chi connectivity index (χ2n) is 5.40. The molecule has 0 aromatic carbocycles. The first-order valence-corrected chi connectivity index (χ1v) is 7.21. The number of nitrogens with zero attached hydrogens (tertiary/aromatic N) is 3. The molecule has 0 saturated carbocycles. The van der Waals surface area contributed by atoms with Gasteiger partial charge in [0.2, 0.25) is 0 Å². The minimum absolute atomic E-state index is 0.135. The van der Waals surface area contributed by atoms with Crippen LogP contribution in [0.25, 0.3) is 5.69 Å². The van der Waals surface area contributed by atoms with Gasteiger partial charge in [-0.2, -0.15) is 5.10 Å². The summed E-state index contributed by atoms with van der Waals surface area (Å²) < 4.78 is 1.71. The van der Waals surface area contributed by atoms with Crippen molar-refractivity contribution in [3.05, 3.63) is 42.5 Å². The highest BCUT2D eigenvalue weighted by Crippen LogP contribution is 2.12. The lowest BCUT2D eigenvalue weighted by Gasteiger charge is -2.30. The van der Waals surface area contributed by atoms with Crippen molar-refractivity contribution >= 4 is 5.91 Å². The Balaban J connectivity index is 1.74. The molecular formula is C15H19N5O. The number of carbonyl (C=O) groups is 1. The molecule has 2 N–H and O–H groups in total. The third-order valence-electron chi connectivity index (χ3n) is 3.89. The Bertz CT molecular complexity index is 610. The van der Waals surface area contributed by atoms with Crippen LogP contribution in [0.15, 0.2) is 36.8 Å². The second kappa shape index (κ2) is 6.05. The van der Waals surface area contributed by atoms with Crippen molar-refractivity contribution in [3.63, 3.8) is 0 Å². The van der Waals surface area contributed by atoms with E-state index < -0.39 is 0 Å². The van der Waals surface area contributed by atoms with Gasteiger partial charge in [0.05, 0.1) is 5.69 Å². The molecule has 2 aromatic heterocycles. The standard InChI is InChI=1S/C15H19N5O/c1-11-3-6-16-10-14(11)19-15(21)13-9-12(4-7-17-13)20-8-2-5-18-20/h2,4-5,7-9,11,14,16H,3,6,10H2,1H3,(H,19,21). The molecule has 1 aliphatic heterocycles. The summed E-state index contributed by atoms with van der Waals surface area (Å²) in [7, 11) is 0. The number of hydrogen-bond donors (Lipinski definition) is 2. The number of carbonyl (C=O) groups excluding carboxylic acids is 1. The Kier molecular flexibility index (Phi) is 3.96. The second-order valence-corrected chi connectivity index (χ2v) is 5.40. The average Bonchev–Trinajstić information content (AvgIpc) is 3.04. The molecule has 21 heavy (non-hydrogen) atoms. The molecule has 1 fully saturated rings. The van der Waals surface area contributed by atoms with Gasteiger partial charge in [0, 0.05) is 31.2 Å². The van der Waals surface area contributed by atoms with Gasteiger partial charge in [0.1, 0.15) is 5.69 Å². The van der Waals surface area contributed by atoms with Gasteiger partial charge in [0.15, 0.2) is 0 Å². The van der Waals surface area contributed by atoms with E-state index in [9.17, 15) is 4.79 Å². The van der Waals surface area contributed by atoms with Crippen LogP contribution in [-0.4, -0.2) is 39.8 Å². The number of pyridine rings is 1. The van der Waals surface area contributed by atoms with E-state index in [1.54, 1.807) is 23.1 Å². The van der Waals surface area contributed by atoms with E-state index in [4.69, 9.17) is 0 Å². The van der Waals surface area contributed by atoms with E-state index in [0.29, 0.717) is 11.6 Å². The van der Waals surface area contributed by atoms with E-state index >= 15 is 0 Å². The van der Waals surface area contributed by atoms with Crippen LogP contribution < -0.4 is 10.6 Å². The van der Waals surface area contributed by atoms with Crippen LogP contribution in [0.3, 0.4) is 0 Å². The molecule has 6 nitrogen and oxygen atoms in total. The maximum Gasteiger partial charge on any atom is 0.270 e. The van der Waals surface area contributed by atoms with Crippen LogP contribution in [0.4, 0.5) is 0 Å². The molecule has 0 spiro atoms. The molecule has 3 heterocycles. The van der Waals surface area contributed by atoms with E-state index in [-0.39, 0.29) is 11.9 Å². The molecular weight excluding hydrogens is 266 g/mol. The minimum atomic E-state index is -0.135. The Hall–Kier alpha value is -2.21. The van der Waals surface area contributed by atoms with Crippen molar-refractivity contribution in [2.24, 2.45) is 5.92 Å². The predicted octanol–water partition coefficient (Wildman–Crippen LogP) is 0.995. The van der Waals surface area contributed by atoms with Crippen molar-refractivity contribution in [3.8, 4) is 5.69 Å². The molecule has 1 saturated heterocycles. The van der Waals surface area contributed by atoms with E-state index in [2.05, 4.69) is 27.6 Å². The van der Waals surface area contributed by atoms with Gasteiger partial charge in [-0.15, -0.1) is 0 Å². The quantitative estimate of drug-likeness (QED) is 0.882. The van der Waals surface area contributed by atoms with E-state index in [1.807, 2.05) is 18.3 Å². The van der Waals surface area contributed by atoms with Crippen LogP contribution in [0, 0.1) is 5.92 Å². The molecule has 1 amide bonds. The summed E-state index contributed by atoms with van der Waals surface area (Å²) in [5, 5.41) is 10.5. The van der Waals surface area contributed by atoms with E-state index in [1.165, 1.54) is 0 Å². The molecule has 6 heteroatoms. The minimum Gasteiger partial charge on any atom is -0.346 e. The van der Waals surface area contributed by atoms with Gasteiger partial charge in [-0.25, -0.2) is 4.68 Å². The average molecular weight is 285 g/mol. The SMILES string of the molecule is CC1CCNCC1NC(=O)c1cc(-n2cccn2)ccn1. The monoisotopic (exact) mass is 285 g/mol. The van der Waals surface area contributed by atoms with Gasteiger partial charge < -0.3 is 10.6 Å². The van der Waals surface area contributed by atoms with Crippen LogP contribution in [-0.2, 0) is 0 Å². The first kappa shape index (κ1) is 13.8. The van der Waals surface area contributed by atoms with Crippen LogP contribution in [0.2, 0.25) is 0 Å². The molecule has 2 atom stereocenters. The van der Waals surface area contributed by atoms with Crippen molar-refractivity contribution in [2.75, 3.05) is 13.1 Å². The maximum absolute atomic E-state index is 12.3. The molecule has 0 radical (unpaired) electrons. The number of rotatable bonds is 3. The smallest absolute Gasteiger partial charge is 0.270 e. The number of aromatic nitrogens is 3. The maximum atomic E-state index is 12.3. The molecule has 0 aliphatic carbocycles. The first-order chi connectivity index (χ1) is 10.2. The van der Waals surface area contributed by atoms with Crippen molar-refractivity contribution < 1.29 is 4.79 Å². The lowest BCUT2D eigenvalue weighted by Crippen LogP contribution is -2.50. The van der Waals surface area contributed by atoms with Gasteiger partial charge in [-0.05, 0) is 37.1 Å². The summed E-state index contributed by atoms with van der Waals surface area (Å²) in [6, 6.07) is 5.58. The zero-order valence-electron chi connectivity index (χ0n) is 12.0. The molecule has 1 aliphatic rings. The summed E-state index contributed by atoms with van der Waals surface area (Å²) in [5.41, 5.74) is 1.25. The first-order valence-electron chi connectivity index (χ1n) is 7.21. The summed E-state index contributed by atoms with van der Waals surface area (Å²) in [6.07, 6.45) is 6.25. The molecule has 3 rings (SSSR count). The summed E-state index contributed by atoms with van der Waals surface area (Å²) in [4.78, 5) is 16.5. The lowest BCUT2D eigenvalue weighted by molar-refractivity contribution is 0.0910. The van der Waals surface area contributed by atoms with Gasteiger partial charge >= 0.3 is 0 Å². The van der Waals surface area contributed by atoms with E-state index in [0.717, 1.165) is 25.2 Å². The number of piperidine rings is 1. The number of amides is 1. The Morgan fingerprint density at radius 2 is 2.38 bits per heavy atom. The fourth-order valence-corrected chi connectivity index (χ4v) is 2.53. The summed E-state index contributed by atoms with van der Waals surface area (Å²) in [6.45, 7) is 3.99. The van der Waals surface area contributed by atoms with Gasteiger partial charge in [-0.1, -0.05) is 6.92 Å². The van der Waals surface area contributed by atoms with Gasteiger partial charge in [-0.3, -0.25) is 9.78 Å². The molecule has 110 valence electrons. The third-order valence-corrected chi connectivity index (χ3v) is 3.89. The molecule has 2 unspecified atom stereocenters. The summed E-state index contributed by atoms with van der Waals surface area (Å²) >= 11 is 0. The fourth-order valence-electron chi connectivity index (χ4n) is 2.53. The predicted molar refractivity (Wildman–Crippen MR) is 79.3 cm³/mol. The van der Waals surface area contributed by atoms with Crippen LogP contribution in [0.1, 0.15) is 23.8 Å². The Morgan fingerprint density at radius 1 is 1.48 bits per heavy atom. The normalized spacial score (nSPS) is 22.0. The zero-order valence-corrected chi connectivity index (χ0v) is 12.0. The Labute approximate surface area is 123 Å². The third kappa shape index (κ3) is 3.11. The molecule has 2 aromatic rings. The van der Waals surface area contributed by atoms with Crippen molar-refractivity contribution in [2.45, 2.75) is 19.4 Å². The van der Waals surface area contributed by atoms with Crippen molar-refractivity contribution in [1.82, 2.24) is 25.4 Å². The summed E-state index contributed by atoms with van der Waals surface area (Å²) in [5.74, 6) is 0.342. The van der Waals surface area contributed by atoms with Crippen LogP contribution in [0.5, 0.6) is 0 Å². The fraction of sp³-hybridized carbons (Fsp3) is 0.400. The zero-order chi connectivity index (χ0) is 14.7. The van der Waals surface area contributed by atoms with Crippen LogP contribution >= 0.6 is 0 Å². The lowest BCUT2D eigenvalue weighted by atomic mass is 9.95. The molecule has 0 bridgehead atoms. The topological polar surface area (TPSA) is 71.8 Å². The highest BCUT2D eigenvalue weighted by atomic mass is 16.1. The highest BCUT2D eigenvalue weighted by molar-refractivity contribution is 5.93. The highest BCUT2D eigenvalue weighted by Gasteiger charge is 2.23. The van der Waals surface area contributed by atoms with Crippen molar-refractivity contribution in [1.29, 1.82) is 0 Å². The van der Waals surface area contributed by atoms with Gasteiger partial charge in [0.25, 0.3) is 5.91 Å².